The molecule has 34 heavy (non-hydrogen) atoms. The summed E-state index contributed by atoms with van der Waals surface area (Å²) in [5, 5.41) is 15.3. The number of carbonyl (C=O) groups excluding carboxylic acids is 2. The molecule has 0 spiro atoms. The van der Waals surface area contributed by atoms with Crippen LogP contribution in [0.15, 0.2) is 60.7 Å². The van der Waals surface area contributed by atoms with Crippen molar-refractivity contribution >= 4 is 53.2 Å². The van der Waals surface area contributed by atoms with E-state index in [2.05, 4.69) is 50.4 Å². The lowest BCUT2D eigenvalue weighted by molar-refractivity contribution is -0.122. The van der Waals surface area contributed by atoms with E-state index in [1.54, 1.807) is 0 Å². The van der Waals surface area contributed by atoms with Crippen LogP contribution in [0.5, 0.6) is 0 Å². The van der Waals surface area contributed by atoms with Crippen LogP contribution < -0.4 is 15.7 Å². The molecule has 1 unspecified atom stereocenters. The van der Waals surface area contributed by atoms with Crippen LogP contribution in [-0.4, -0.2) is 65.8 Å². The number of carbonyl (C=O) groups is 2. The van der Waals surface area contributed by atoms with E-state index in [-0.39, 0.29) is 34.4 Å². The number of aliphatic hydroxyl groups excluding tert-OH is 1. The molecule has 3 amide bonds. The molecule has 9 heteroatoms. The van der Waals surface area contributed by atoms with E-state index in [4.69, 9.17) is 9.16 Å². The molecule has 2 heterocycles. The molecular weight excluding hydrogens is 563 g/mol. The minimum Gasteiger partial charge on any atom is -0.405 e. The average Bonchev–Trinajstić information content (AvgIpc) is 3.17. The third-order valence-electron chi connectivity index (χ3n) is 6.57. The van der Waals surface area contributed by atoms with Crippen molar-refractivity contribution in [2.45, 2.75) is 54.6 Å². The Hall–Kier alpha value is -1.79. The number of nitrogens with one attached hydrogen (secondary N) is 1. The molecule has 7 nitrogen and oxygen atoms in total. The lowest BCUT2D eigenvalue weighted by atomic mass is 10.2. The highest BCUT2D eigenvalue weighted by molar-refractivity contribution is 14.1. The van der Waals surface area contributed by atoms with Gasteiger partial charge in [-0.05, 0) is 15.4 Å². The molecular formula is C25H31IN2O5Si. The summed E-state index contributed by atoms with van der Waals surface area (Å²) in [4.78, 5) is 25.7. The van der Waals surface area contributed by atoms with Crippen molar-refractivity contribution in [3.63, 3.8) is 0 Å². The predicted octanol–water partition coefficient (Wildman–Crippen LogP) is 2.39. The molecule has 2 saturated heterocycles. The largest absolute Gasteiger partial charge is 0.405 e. The number of urea groups is 1. The SMILES string of the molecule is CC(C)(C)[Si](OC[C@H]1O[C@@H](N2CC(I)C(=O)NC2=O)C[C@@H]1O)(c1ccccc1)c1ccccc1. The van der Waals surface area contributed by atoms with Gasteiger partial charge in [0.1, 0.15) is 16.3 Å². The van der Waals surface area contributed by atoms with Crippen LogP contribution in [0.25, 0.3) is 0 Å². The molecule has 2 fully saturated rings. The average molecular weight is 595 g/mol. The van der Waals surface area contributed by atoms with Crippen LogP contribution in [0.4, 0.5) is 4.79 Å². The Morgan fingerprint density at radius 2 is 1.65 bits per heavy atom. The second-order valence-corrected chi connectivity index (χ2v) is 15.6. The molecule has 182 valence electrons. The van der Waals surface area contributed by atoms with Crippen molar-refractivity contribution in [2.75, 3.05) is 13.2 Å². The molecule has 2 N–H and O–H groups in total. The molecule has 0 saturated carbocycles. The van der Waals surface area contributed by atoms with Crippen LogP contribution in [0.1, 0.15) is 27.2 Å². The molecule has 4 atom stereocenters. The molecule has 2 aromatic carbocycles. The predicted molar refractivity (Wildman–Crippen MR) is 141 cm³/mol. The maximum Gasteiger partial charge on any atom is 0.326 e. The first kappa shape index (κ1) is 25.3. The third kappa shape index (κ3) is 4.81. The maximum atomic E-state index is 12.4. The number of alkyl halides is 1. The van der Waals surface area contributed by atoms with E-state index in [0.29, 0.717) is 0 Å². The summed E-state index contributed by atoms with van der Waals surface area (Å²) in [6.07, 6.45) is -1.68. The summed E-state index contributed by atoms with van der Waals surface area (Å²) in [7, 11) is -2.77. The van der Waals surface area contributed by atoms with E-state index in [9.17, 15) is 14.7 Å². The zero-order valence-electron chi connectivity index (χ0n) is 19.6. The molecule has 2 aromatic rings. The van der Waals surface area contributed by atoms with Crippen molar-refractivity contribution in [1.82, 2.24) is 10.2 Å². The molecule has 0 radical (unpaired) electrons. The van der Waals surface area contributed by atoms with E-state index < -0.39 is 32.8 Å². The Bertz CT molecular complexity index is 977. The van der Waals surface area contributed by atoms with Crippen LogP contribution in [0.2, 0.25) is 5.04 Å². The van der Waals surface area contributed by atoms with Gasteiger partial charge in [-0.3, -0.25) is 15.0 Å². The summed E-state index contributed by atoms with van der Waals surface area (Å²) in [6.45, 7) is 7.05. The summed E-state index contributed by atoms with van der Waals surface area (Å²) >= 11 is 2.01. The number of benzene rings is 2. The number of rotatable bonds is 6. The molecule has 2 aliphatic heterocycles. The van der Waals surface area contributed by atoms with Gasteiger partial charge in [0.2, 0.25) is 5.91 Å². The van der Waals surface area contributed by atoms with Crippen LogP contribution in [0, 0.1) is 0 Å². The zero-order valence-corrected chi connectivity index (χ0v) is 22.8. The summed E-state index contributed by atoms with van der Waals surface area (Å²) in [5.74, 6) is -0.299. The third-order valence-corrected chi connectivity index (χ3v) is 12.5. The Kier molecular flexibility index (Phi) is 7.49. The summed E-state index contributed by atoms with van der Waals surface area (Å²) in [6, 6.07) is 20.1. The fourth-order valence-corrected chi connectivity index (χ4v) is 10.0. The summed E-state index contributed by atoms with van der Waals surface area (Å²) in [5.41, 5.74) is 0. The zero-order chi connectivity index (χ0) is 24.5. The van der Waals surface area contributed by atoms with Gasteiger partial charge < -0.3 is 14.3 Å². The molecule has 4 rings (SSSR count). The second-order valence-electron chi connectivity index (χ2n) is 9.82. The number of imide groups is 1. The van der Waals surface area contributed by atoms with Gasteiger partial charge in [0.25, 0.3) is 8.32 Å². The monoisotopic (exact) mass is 594 g/mol. The second kappa shape index (κ2) is 10.1. The van der Waals surface area contributed by atoms with Gasteiger partial charge >= 0.3 is 6.03 Å². The standard InChI is InChI=1S/C25H31IN2O5Si/c1-25(2,3)34(17-10-6-4-7-11-17,18-12-8-5-9-13-18)32-16-21-20(29)14-22(33-21)28-15-19(26)23(30)27-24(28)31/h4-13,19-22,29H,14-16H2,1-3H3,(H,27,30,31)/t19?,20-,21+,22+/m0/s1. The highest BCUT2D eigenvalue weighted by Crippen LogP contribution is 2.37. The van der Waals surface area contributed by atoms with Crippen LogP contribution in [0.3, 0.4) is 0 Å². The van der Waals surface area contributed by atoms with Gasteiger partial charge in [-0.2, -0.15) is 0 Å². The number of nitrogens with zero attached hydrogens (tertiary/aromatic N) is 1. The Balaban J connectivity index is 1.59. The van der Waals surface area contributed by atoms with Gasteiger partial charge in [-0.1, -0.05) is 104 Å². The van der Waals surface area contributed by atoms with Crippen LogP contribution in [-0.2, 0) is 14.0 Å². The lowest BCUT2D eigenvalue weighted by Gasteiger charge is -2.43. The van der Waals surface area contributed by atoms with Crippen molar-refractivity contribution in [1.29, 1.82) is 0 Å². The quantitative estimate of drug-likeness (QED) is 0.305. The first-order chi connectivity index (χ1) is 16.1. The molecule has 0 aromatic heterocycles. The van der Waals surface area contributed by atoms with Gasteiger partial charge in [0.15, 0.2) is 0 Å². The topological polar surface area (TPSA) is 88.1 Å². The number of amides is 3. The van der Waals surface area contributed by atoms with Gasteiger partial charge in [0, 0.05) is 13.0 Å². The van der Waals surface area contributed by atoms with E-state index >= 15 is 0 Å². The lowest BCUT2D eigenvalue weighted by Crippen LogP contribution is -2.67. The van der Waals surface area contributed by atoms with Gasteiger partial charge in [0.05, 0.1) is 12.7 Å². The Labute approximate surface area is 215 Å². The van der Waals surface area contributed by atoms with Crippen molar-refractivity contribution in [2.24, 2.45) is 0 Å². The van der Waals surface area contributed by atoms with Crippen molar-refractivity contribution < 1.29 is 23.9 Å². The van der Waals surface area contributed by atoms with Gasteiger partial charge in [-0.25, -0.2) is 4.79 Å². The smallest absolute Gasteiger partial charge is 0.326 e. The number of hydrogen-bond donors (Lipinski definition) is 2. The maximum absolute atomic E-state index is 12.4. The number of aliphatic hydroxyl groups is 1. The van der Waals surface area contributed by atoms with Crippen LogP contribution >= 0.6 is 22.6 Å². The number of ether oxygens (including phenoxy) is 1. The molecule has 0 bridgehead atoms. The fourth-order valence-electron chi connectivity index (χ4n) is 4.87. The summed E-state index contributed by atoms with van der Waals surface area (Å²) < 4.78 is 12.7. The first-order valence-electron chi connectivity index (χ1n) is 11.5. The van der Waals surface area contributed by atoms with Crippen molar-refractivity contribution in [3.05, 3.63) is 60.7 Å². The molecule has 2 aliphatic rings. The highest BCUT2D eigenvalue weighted by atomic mass is 127. The normalized spacial score (nSPS) is 26.0. The van der Waals surface area contributed by atoms with E-state index in [1.807, 2.05) is 59.0 Å². The highest BCUT2D eigenvalue weighted by Gasteiger charge is 2.51. The number of hydrogen-bond acceptors (Lipinski definition) is 5. The molecule has 0 aliphatic carbocycles. The Morgan fingerprint density at radius 1 is 1.09 bits per heavy atom. The minimum absolute atomic E-state index is 0.194. The van der Waals surface area contributed by atoms with E-state index in [1.165, 1.54) is 4.90 Å². The van der Waals surface area contributed by atoms with E-state index in [0.717, 1.165) is 10.4 Å². The van der Waals surface area contributed by atoms with Gasteiger partial charge in [-0.15, -0.1) is 0 Å². The first-order valence-corrected chi connectivity index (χ1v) is 14.6. The Morgan fingerprint density at radius 3 is 2.18 bits per heavy atom. The van der Waals surface area contributed by atoms with Crippen molar-refractivity contribution in [3.8, 4) is 0 Å². The minimum atomic E-state index is -2.77. The number of halogens is 1. The fraction of sp³-hybridized carbons (Fsp3) is 0.440.